The van der Waals surface area contributed by atoms with Gasteiger partial charge in [-0.1, -0.05) is 0 Å². The van der Waals surface area contributed by atoms with Gasteiger partial charge in [0.25, 0.3) is 0 Å². The van der Waals surface area contributed by atoms with Crippen LogP contribution in [0.1, 0.15) is 51.3 Å². The quantitative estimate of drug-likeness (QED) is 0.622. The van der Waals surface area contributed by atoms with Crippen molar-refractivity contribution >= 4 is 11.9 Å². The van der Waals surface area contributed by atoms with Gasteiger partial charge in [0.1, 0.15) is 11.4 Å². The average Bonchev–Trinajstić information content (AvgIpc) is 3.55. The molecule has 1 saturated carbocycles. The first kappa shape index (κ1) is 25.5. The van der Waals surface area contributed by atoms with Gasteiger partial charge in [0, 0.05) is 43.7 Å². The third-order valence-electron chi connectivity index (χ3n) is 6.75. The summed E-state index contributed by atoms with van der Waals surface area (Å²) < 4.78 is 11.8. The smallest absolute Gasteiger partial charge is 0.410 e. The van der Waals surface area contributed by atoms with Crippen LogP contribution in [-0.2, 0) is 17.7 Å². The number of piperazine rings is 1. The summed E-state index contributed by atoms with van der Waals surface area (Å²) in [5, 5.41) is 12.9. The monoisotopic (exact) mass is 485 g/mol. The minimum absolute atomic E-state index is 0.193. The Morgan fingerprint density at radius 1 is 1.29 bits per heavy atom. The van der Waals surface area contributed by atoms with Crippen LogP contribution in [0.2, 0.25) is 0 Å². The summed E-state index contributed by atoms with van der Waals surface area (Å²) in [6, 6.07) is 2.39. The van der Waals surface area contributed by atoms with Gasteiger partial charge < -0.3 is 29.5 Å². The van der Waals surface area contributed by atoms with Gasteiger partial charge in [0.15, 0.2) is 0 Å². The fourth-order valence-electron chi connectivity index (χ4n) is 4.95. The molecule has 1 aromatic heterocycles. The predicted molar refractivity (Wildman–Crippen MR) is 132 cm³/mol. The van der Waals surface area contributed by atoms with Crippen molar-refractivity contribution in [3.8, 4) is 12.1 Å². The number of ether oxygens (including phenoxy) is 2. The molecule has 3 aliphatic rings. The number of aromatic nitrogens is 2. The van der Waals surface area contributed by atoms with Crippen LogP contribution in [0.15, 0.2) is 0 Å². The Labute approximate surface area is 208 Å². The number of rotatable bonds is 7. The highest BCUT2D eigenvalue weighted by molar-refractivity contribution is 5.69. The second-order valence-corrected chi connectivity index (χ2v) is 11.3. The molecule has 1 amide bonds. The van der Waals surface area contributed by atoms with E-state index in [1.807, 2.05) is 20.8 Å². The van der Waals surface area contributed by atoms with E-state index in [4.69, 9.17) is 19.4 Å². The van der Waals surface area contributed by atoms with Crippen LogP contribution >= 0.6 is 0 Å². The van der Waals surface area contributed by atoms with Crippen molar-refractivity contribution in [2.45, 2.75) is 64.6 Å². The SMILES string of the molecule is CN(C)CC1(COc2nc3c(c(N4CCN(C(=O)OC(C)(C)C)[C@@H](CC#N)C4)n2)CCNC3)CC1. The molecule has 192 valence electrons. The van der Waals surface area contributed by atoms with Gasteiger partial charge in [-0.15, -0.1) is 0 Å². The van der Waals surface area contributed by atoms with Crippen molar-refractivity contribution in [1.29, 1.82) is 5.26 Å². The van der Waals surface area contributed by atoms with E-state index in [9.17, 15) is 10.1 Å². The summed E-state index contributed by atoms with van der Waals surface area (Å²) in [6.45, 7) is 10.3. The third kappa shape index (κ3) is 6.33. The minimum Gasteiger partial charge on any atom is -0.463 e. The van der Waals surface area contributed by atoms with Gasteiger partial charge in [0.05, 0.1) is 30.8 Å². The Morgan fingerprint density at radius 3 is 2.71 bits per heavy atom. The number of anilines is 1. The summed E-state index contributed by atoms with van der Waals surface area (Å²) in [4.78, 5) is 28.5. The van der Waals surface area contributed by atoms with E-state index in [2.05, 4.69) is 35.3 Å². The average molecular weight is 486 g/mol. The van der Waals surface area contributed by atoms with Crippen molar-refractivity contribution in [2.75, 3.05) is 58.3 Å². The number of nitriles is 1. The Balaban J connectivity index is 1.53. The van der Waals surface area contributed by atoms with Crippen LogP contribution in [0.4, 0.5) is 10.6 Å². The lowest BCUT2D eigenvalue weighted by molar-refractivity contribution is 0.0144. The van der Waals surface area contributed by atoms with Crippen molar-refractivity contribution < 1.29 is 14.3 Å². The molecule has 3 heterocycles. The lowest BCUT2D eigenvalue weighted by Gasteiger charge is -2.42. The molecule has 0 unspecified atom stereocenters. The summed E-state index contributed by atoms with van der Waals surface area (Å²) in [5.74, 6) is 0.871. The van der Waals surface area contributed by atoms with Crippen molar-refractivity contribution in [2.24, 2.45) is 5.41 Å². The lowest BCUT2D eigenvalue weighted by Crippen LogP contribution is -2.56. The van der Waals surface area contributed by atoms with Crippen LogP contribution in [-0.4, -0.2) is 90.9 Å². The molecule has 1 aromatic rings. The number of amides is 1. The van der Waals surface area contributed by atoms with Gasteiger partial charge in [0.2, 0.25) is 0 Å². The number of carbonyl (C=O) groups excluding carboxylic acids is 1. The number of nitrogens with zero attached hydrogens (tertiary/aromatic N) is 6. The topological polar surface area (TPSA) is 107 Å². The third-order valence-corrected chi connectivity index (χ3v) is 6.75. The number of hydrogen-bond donors (Lipinski definition) is 1. The van der Waals surface area contributed by atoms with Crippen molar-refractivity contribution in [1.82, 2.24) is 25.1 Å². The number of fused-ring (bicyclic) bond motifs is 1. The van der Waals surface area contributed by atoms with Gasteiger partial charge in [-0.3, -0.25) is 0 Å². The molecule has 4 rings (SSSR count). The van der Waals surface area contributed by atoms with Crippen LogP contribution in [0.25, 0.3) is 0 Å². The zero-order valence-corrected chi connectivity index (χ0v) is 21.8. The fourth-order valence-corrected chi connectivity index (χ4v) is 4.95. The molecule has 2 aliphatic heterocycles. The highest BCUT2D eigenvalue weighted by Gasteiger charge is 2.44. The Morgan fingerprint density at radius 2 is 2.06 bits per heavy atom. The molecule has 0 radical (unpaired) electrons. The second-order valence-electron chi connectivity index (χ2n) is 11.3. The number of nitrogens with one attached hydrogen (secondary N) is 1. The second kappa shape index (κ2) is 10.2. The first-order chi connectivity index (χ1) is 16.6. The van der Waals surface area contributed by atoms with Crippen molar-refractivity contribution in [3.05, 3.63) is 11.3 Å². The Hall–Kier alpha value is -2.64. The number of hydrogen-bond acceptors (Lipinski definition) is 9. The van der Waals surface area contributed by atoms with E-state index < -0.39 is 5.60 Å². The van der Waals surface area contributed by atoms with Crippen LogP contribution in [0, 0.1) is 16.7 Å². The lowest BCUT2D eigenvalue weighted by atomic mass is 10.0. The van der Waals surface area contributed by atoms with E-state index in [1.54, 1.807) is 4.90 Å². The van der Waals surface area contributed by atoms with E-state index in [-0.39, 0.29) is 24.0 Å². The van der Waals surface area contributed by atoms with Crippen LogP contribution in [0.5, 0.6) is 6.01 Å². The van der Waals surface area contributed by atoms with E-state index in [0.29, 0.717) is 38.8 Å². The molecular weight excluding hydrogens is 446 g/mol. The highest BCUT2D eigenvalue weighted by Crippen LogP contribution is 2.46. The summed E-state index contributed by atoms with van der Waals surface area (Å²) in [6.07, 6.45) is 3.03. The molecule has 1 atom stereocenters. The molecule has 0 bridgehead atoms. The number of carbonyl (C=O) groups is 1. The van der Waals surface area contributed by atoms with Crippen LogP contribution < -0.4 is 15.0 Å². The fraction of sp³-hybridized carbons (Fsp3) is 0.760. The Kier molecular flexibility index (Phi) is 7.38. The largest absolute Gasteiger partial charge is 0.463 e. The van der Waals surface area contributed by atoms with Crippen LogP contribution in [0.3, 0.4) is 0 Å². The van der Waals surface area contributed by atoms with Gasteiger partial charge in [-0.2, -0.15) is 15.2 Å². The normalized spacial score (nSPS) is 21.3. The maximum Gasteiger partial charge on any atom is 0.410 e. The first-order valence-electron chi connectivity index (χ1n) is 12.6. The summed E-state index contributed by atoms with van der Waals surface area (Å²) in [5.41, 5.74) is 1.71. The molecule has 2 fully saturated rings. The van der Waals surface area contributed by atoms with Gasteiger partial charge in [-0.05, 0) is 60.7 Å². The minimum atomic E-state index is -0.581. The molecular formula is C25H39N7O3. The molecule has 1 saturated heterocycles. The molecule has 0 spiro atoms. The van der Waals surface area contributed by atoms with E-state index >= 15 is 0 Å². The van der Waals surface area contributed by atoms with Gasteiger partial charge in [-0.25, -0.2) is 4.79 Å². The summed E-state index contributed by atoms with van der Waals surface area (Å²) in [7, 11) is 4.18. The Bertz CT molecular complexity index is 965. The van der Waals surface area contributed by atoms with E-state index in [1.165, 1.54) is 0 Å². The van der Waals surface area contributed by atoms with Crippen molar-refractivity contribution in [3.63, 3.8) is 0 Å². The standard InChI is InChI=1S/C25H39N7O3/c1-24(2,3)35-23(33)32-13-12-31(15-18(32)6-10-26)21-19-7-11-27-14-20(19)28-22(29-21)34-17-25(8-9-25)16-30(4)5/h18,27H,6-9,11-17H2,1-5H3/t18-/m0/s1. The first-order valence-corrected chi connectivity index (χ1v) is 12.6. The molecule has 1 aliphatic carbocycles. The molecule has 35 heavy (non-hydrogen) atoms. The molecule has 10 nitrogen and oxygen atoms in total. The van der Waals surface area contributed by atoms with Gasteiger partial charge >= 0.3 is 12.1 Å². The molecule has 10 heteroatoms. The molecule has 0 aromatic carbocycles. The summed E-state index contributed by atoms with van der Waals surface area (Å²) >= 11 is 0. The maximum atomic E-state index is 12.8. The zero-order chi connectivity index (χ0) is 25.2. The maximum absolute atomic E-state index is 12.8. The highest BCUT2D eigenvalue weighted by atomic mass is 16.6. The van der Waals surface area contributed by atoms with E-state index in [0.717, 1.165) is 49.4 Å². The molecule has 1 N–H and O–H groups in total. The zero-order valence-electron chi connectivity index (χ0n) is 21.8. The predicted octanol–water partition coefficient (Wildman–Crippen LogP) is 2.18.